The monoisotopic (exact) mass is 346 g/mol. The van der Waals surface area contributed by atoms with Crippen molar-refractivity contribution in [3.63, 3.8) is 0 Å². The molecule has 0 unspecified atom stereocenters. The van der Waals surface area contributed by atoms with Crippen molar-refractivity contribution in [1.82, 2.24) is 4.90 Å². The molecule has 0 aliphatic carbocycles. The highest BCUT2D eigenvalue weighted by molar-refractivity contribution is 5.87. The van der Waals surface area contributed by atoms with Gasteiger partial charge in [0.05, 0.1) is 13.7 Å². The number of hydrogen-bond acceptors (Lipinski definition) is 5. The van der Waals surface area contributed by atoms with Gasteiger partial charge in [-0.25, -0.2) is 9.18 Å². The number of halogens is 1. The van der Waals surface area contributed by atoms with E-state index in [0.717, 1.165) is 49.6 Å². The van der Waals surface area contributed by atoms with Gasteiger partial charge in [-0.1, -0.05) is 0 Å². The lowest BCUT2D eigenvalue weighted by Gasteiger charge is -2.23. The van der Waals surface area contributed by atoms with Gasteiger partial charge >= 0.3 is 5.97 Å². The Morgan fingerprint density at radius 3 is 2.68 bits per heavy atom. The topological polar surface area (TPSA) is 45.9 Å². The fraction of sp³-hybridized carbons (Fsp3) is 0.421. The smallest absolute Gasteiger partial charge is 0.374 e. The maximum atomic E-state index is 13.1. The van der Waals surface area contributed by atoms with Crippen LogP contribution < -0.4 is 4.90 Å². The zero-order valence-electron chi connectivity index (χ0n) is 14.6. The maximum Gasteiger partial charge on any atom is 0.374 e. The molecule has 0 spiro atoms. The molecular weight excluding hydrogens is 323 g/mol. The lowest BCUT2D eigenvalue weighted by Crippen LogP contribution is -2.30. The van der Waals surface area contributed by atoms with Gasteiger partial charge in [0.15, 0.2) is 0 Å². The van der Waals surface area contributed by atoms with Crippen molar-refractivity contribution in [2.45, 2.75) is 19.9 Å². The van der Waals surface area contributed by atoms with Crippen molar-refractivity contribution in [3.05, 3.63) is 53.2 Å². The highest BCUT2D eigenvalue weighted by Gasteiger charge is 2.20. The summed E-state index contributed by atoms with van der Waals surface area (Å²) in [6.07, 6.45) is 1.01. The van der Waals surface area contributed by atoms with Crippen molar-refractivity contribution in [2.24, 2.45) is 0 Å². The predicted octanol–water partition coefficient (Wildman–Crippen LogP) is 3.23. The van der Waals surface area contributed by atoms with Gasteiger partial charge in [0.1, 0.15) is 11.6 Å². The Morgan fingerprint density at radius 1 is 1.20 bits per heavy atom. The van der Waals surface area contributed by atoms with Gasteiger partial charge in [0.2, 0.25) is 5.76 Å². The van der Waals surface area contributed by atoms with Crippen LogP contribution in [0, 0.1) is 12.7 Å². The Hall–Kier alpha value is -2.34. The Labute approximate surface area is 147 Å². The second-order valence-corrected chi connectivity index (χ2v) is 6.31. The Bertz CT molecular complexity index is 727. The van der Waals surface area contributed by atoms with Gasteiger partial charge in [-0.15, -0.1) is 0 Å². The molecule has 0 saturated carbocycles. The molecule has 5 nitrogen and oxygen atoms in total. The molecule has 1 aromatic carbocycles. The molecular formula is C19H23FN2O3. The SMILES string of the molecule is COC(=O)c1oc(CN2CCCN(c3ccc(F)cc3)CC2)cc1C. The van der Waals surface area contributed by atoms with E-state index in [-0.39, 0.29) is 11.6 Å². The van der Waals surface area contributed by atoms with E-state index in [9.17, 15) is 9.18 Å². The fourth-order valence-corrected chi connectivity index (χ4v) is 3.18. The summed E-state index contributed by atoms with van der Waals surface area (Å²) in [6, 6.07) is 8.54. The minimum atomic E-state index is -0.442. The number of rotatable bonds is 4. The maximum absolute atomic E-state index is 13.1. The number of benzene rings is 1. The van der Waals surface area contributed by atoms with Crippen molar-refractivity contribution in [3.8, 4) is 0 Å². The summed E-state index contributed by atoms with van der Waals surface area (Å²) in [5, 5.41) is 0. The van der Waals surface area contributed by atoms with Crippen molar-refractivity contribution < 1.29 is 18.3 Å². The number of carbonyl (C=O) groups is 1. The van der Waals surface area contributed by atoms with Crippen LogP contribution in [0.3, 0.4) is 0 Å². The average molecular weight is 346 g/mol. The van der Waals surface area contributed by atoms with Crippen molar-refractivity contribution in [1.29, 1.82) is 0 Å². The first kappa shape index (κ1) is 17.5. The van der Waals surface area contributed by atoms with Gasteiger partial charge in [0.25, 0.3) is 0 Å². The van der Waals surface area contributed by atoms with Gasteiger partial charge in [0, 0.05) is 37.4 Å². The van der Waals surface area contributed by atoms with Crippen LogP contribution in [0.4, 0.5) is 10.1 Å². The van der Waals surface area contributed by atoms with Crippen molar-refractivity contribution >= 4 is 11.7 Å². The van der Waals surface area contributed by atoms with E-state index in [4.69, 9.17) is 9.15 Å². The van der Waals surface area contributed by atoms with E-state index in [0.29, 0.717) is 6.54 Å². The van der Waals surface area contributed by atoms with E-state index >= 15 is 0 Å². The molecule has 1 saturated heterocycles. The summed E-state index contributed by atoms with van der Waals surface area (Å²) in [5.74, 6) is 0.394. The Morgan fingerprint density at radius 2 is 1.96 bits per heavy atom. The summed E-state index contributed by atoms with van der Waals surface area (Å²) in [4.78, 5) is 16.2. The minimum Gasteiger partial charge on any atom is -0.463 e. The first-order valence-corrected chi connectivity index (χ1v) is 8.47. The van der Waals surface area contributed by atoms with Crippen LogP contribution in [0.1, 0.15) is 28.3 Å². The Kier molecular flexibility index (Phi) is 5.38. The largest absolute Gasteiger partial charge is 0.463 e. The molecule has 0 amide bonds. The second-order valence-electron chi connectivity index (χ2n) is 6.31. The van der Waals surface area contributed by atoms with Crippen LogP contribution in [0.25, 0.3) is 0 Å². The van der Waals surface area contributed by atoms with E-state index < -0.39 is 5.97 Å². The van der Waals surface area contributed by atoms with Crippen LogP contribution in [-0.2, 0) is 11.3 Å². The number of anilines is 1. The zero-order valence-corrected chi connectivity index (χ0v) is 14.6. The number of hydrogen-bond donors (Lipinski definition) is 0. The number of methoxy groups -OCH3 is 1. The number of furan rings is 1. The molecule has 2 aromatic rings. The third-order valence-corrected chi connectivity index (χ3v) is 4.50. The molecule has 6 heteroatoms. The quantitative estimate of drug-likeness (QED) is 0.796. The average Bonchev–Trinajstić information content (AvgIpc) is 2.82. The van der Waals surface area contributed by atoms with Crippen LogP contribution in [0.5, 0.6) is 0 Å². The lowest BCUT2D eigenvalue weighted by molar-refractivity contribution is 0.0560. The number of carbonyl (C=O) groups excluding carboxylic acids is 1. The molecule has 0 atom stereocenters. The molecule has 0 bridgehead atoms. The molecule has 25 heavy (non-hydrogen) atoms. The molecule has 1 fully saturated rings. The standard InChI is InChI=1S/C19H23FN2O3/c1-14-12-17(25-18(14)19(23)24-2)13-21-8-3-9-22(11-10-21)16-6-4-15(20)5-7-16/h4-7,12H,3,8-11,13H2,1-2H3. The molecule has 1 aliphatic heterocycles. The van der Waals surface area contributed by atoms with E-state index in [1.54, 1.807) is 0 Å². The summed E-state index contributed by atoms with van der Waals surface area (Å²) in [7, 11) is 1.35. The van der Waals surface area contributed by atoms with E-state index in [1.807, 2.05) is 25.1 Å². The first-order valence-electron chi connectivity index (χ1n) is 8.47. The summed E-state index contributed by atoms with van der Waals surface area (Å²) in [6.45, 7) is 6.14. The van der Waals surface area contributed by atoms with E-state index in [2.05, 4.69) is 9.80 Å². The molecule has 134 valence electrons. The lowest BCUT2D eigenvalue weighted by atomic mass is 10.2. The summed E-state index contributed by atoms with van der Waals surface area (Å²) < 4.78 is 23.5. The predicted molar refractivity (Wildman–Crippen MR) is 93.3 cm³/mol. The third-order valence-electron chi connectivity index (χ3n) is 4.50. The molecule has 0 radical (unpaired) electrons. The van der Waals surface area contributed by atoms with Crippen LogP contribution in [0.15, 0.2) is 34.7 Å². The van der Waals surface area contributed by atoms with Crippen molar-refractivity contribution in [2.75, 3.05) is 38.2 Å². The van der Waals surface area contributed by atoms with Gasteiger partial charge in [-0.05, 0) is 43.7 Å². The van der Waals surface area contributed by atoms with Crippen LogP contribution >= 0.6 is 0 Å². The highest BCUT2D eigenvalue weighted by atomic mass is 19.1. The number of aryl methyl sites for hydroxylation is 1. The van der Waals surface area contributed by atoms with Crippen LogP contribution in [-0.4, -0.2) is 44.2 Å². The molecule has 1 aliphatic rings. The number of esters is 1. The number of nitrogens with zero attached hydrogens (tertiary/aromatic N) is 2. The van der Waals surface area contributed by atoms with Gasteiger partial charge in [-0.2, -0.15) is 0 Å². The highest BCUT2D eigenvalue weighted by Crippen LogP contribution is 2.20. The summed E-state index contributed by atoms with van der Waals surface area (Å²) in [5.41, 5.74) is 1.84. The normalized spacial score (nSPS) is 15.9. The molecule has 1 aromatic heterocycles. The Balaban J connectivity index is 1.62. The fourth-order valence-electron chi connectivity index (χ4n) is 3.18. The first-order chi connectivity index (χ1) is 12.1. The minimum absolute atomic E-state index is 0.213. The number of ether oxygens (including phenoxy) is 1. The summed E-state index contributed by atoms with van der Waals surface area (Å²) >= 11 is 0. The van der Waals surface area contributed by atoms with Gasteiger partial charge in [-0.3, -0.25) is 4.90 Å². The zero-order chi connectivity index (χ0) is 17.8. The second kappa shape index (κ2) is 7.70. The van der Waals surface area contributed by atoms with Gasteiger partial charge < -0.3 is 14.1 Å². The third kappa shape index (κ3) is 4.20. The molecule has 2 heterocycles. The molecule has 3 rings (SSSR count). The molecule has 0 N–H and O–H groups in total. The van der Waals surface area contributed by atoms with Crippen LogP contribution in [0.2, 0.25) is 0 Å². The van der Waals surface area contributed by atoms with E-state index in [1.165, 1.54) is 19.2 Å².